The molecule has 2 aromatic rings. The number of nitrogen functional groups attached to an aromatic ring is 1. The molecule has 0 radical (unpaired) electrons. The molecule has 1 saturated carbocycles. The van der Waals surface area contributed by atoms with Crippen molar-refractivity contribution < 1.29 is 4.52 Å². The van der Waals surface area contributed by atoms with Gasteiger partial charge in [0.15, 0.2) is 5.82 Å². The van der Waals surface area contributed by atoms with Gasteiger partial charge in [-0.15, -0.1) is 11.8 Å². The van der Waals surface area contributed by atoms with E-state index in [9.17, 15) is 0 Å². The van der Waals surface area contributed by atoms with Crippen molar-refractivity contribution in [3.63, 3.8) is 0 Å². The number of hydrogen-bond acceptors (Lipinski definition) is 5. The lowest BCUT2D eigenvalue weighted by Gasteiger charge is -2.03. The quantitative estimate of drug-likeness (QED) is 0.687. The predicted molar refractivity (Wildman–Crippen MR) is 74.4 cm³/mol. The molecule has 3 rings (SSSR count). The Bertz CT molecular complexity index is 568. The molecule has 1 aliphatic rings. The first-order chi connectivity index (χ1) is 8.72. The average Bonchev–Trinajstić information content (AvgIpc) is 3.10. The maximum Gasteiger partial charge on any atom is 0.237 e. The van der Waals surface area contributed by atoms with Gasteiger partial charge in [-0.25, -0.2) is 0 Å². The van der Waals surface area contributed by atoms with Gasteiger partial charge < -0.3 is 10.3 Å². The van der Waals surface area contributed by atoms with Gasteiger partial charge in [0.2, 0.25) is 5.89 Å². The third kappa shape index (κ3) is 2.70. The lowest BCUT2D eigenvalue weighted by atomic mass is 10.3. The summed E-state index contributed by atoms with van der Waals surface area (Å²) in [5.74, 6) is 2.71. The maximum absolute atomic E-state index is 5.91. The van der Waals surface area contributed by atoms with E-state index in [2.05, 4.69) is 26.1 Å². The molecule has 0 saturated heterocycles. The van der Waals surface area contributed by atoms with Crippen LogP contribution in [0.2, 0.25) is 0 Å². The lowest BCUT2D eigenvalue weighted by Crippen LogP contribution is -1.89. The van der Waals surface area contributed by atoms with E-state index >= 15 is 0 Å². The van der Waals surface area contributed by atoms with Crippen LogP contribution in [0.1, 0.15) is 30.5 Å². The van der Waals surface area contributed by atoms with Crippen LogP contribution in [0, 0.1) is 0 Å². The van der Waals surface area contributed by atoms with E-state index in [1.54, 1.807) is 11.8 Å². The van der Waals surface area contributed by atoms with E-state index < -0.39 is 0 Å². The highest BCUT2D eigenvalue weighted by molar-refractivity contribution is 9.10. The molecule has 18 heavy (non-hydrogen) atoms. The summed E-state index contributed by atoms with van der Waals surface area (Å²) in [5, 5.41) is 3.99. The Kier molecular flexibility index (Phi) is 3.30. The van der Waals surface area contributed by atoms with Crippen LogP contribution < -0.4 is 5.73 Å². The summed E-state index contributed by atoms with van der Waals surface area (Å²) in [4.78, 5) is 5.41. The van der Waals surface area contributed by atoms with Crippen molar-refractivity contribution in [3.8, 4) is 0 Å². The second-order valence-electron chi connectivity index (χ2n) is 4.29. The second kappa shape index (κ2) is 4.93. The molecule has 1 heterocycles. The Morgan fingerprint density at radius 3 is 3.06 bits per heavy atom. The summed E-state index contributed by atoms with van der Waals surface area (Å²) in [7, 11) is 0. The number of nitrogens with zero attached hydrogens (tertiary/aromatic N) is 2. The third-order valence-electron chi connectivity index (χ3n) is 2.75. The SMILES string of the molecule is Nc1ccc(Br)cc1SCc1nc(C2CC2)no1. The average molecular weight is 326 g/mol. The zero-order valence-corrected chi connectivity index (χ0v) is 12.0. The molecular weight excluding hydrogens is 314 g/mol. The van der Waals surface area contributed by atoms with Crippen LogP contribution >= 0.6 is 27.7 Å². The first kappa shape index (κ1) is 12.0. The van der Waals surface area contributed by atoms with Gasteiger partial charge in [-0.05, 0) is 31.0 Å². The Balaban J connectivity index is 1.67. The van der Waals surface area contributed by atoms with Gasteiger partial charge in [0.05, 0.1) is 5.75 Å². The molecule has 0 amide bonds. The van der Waals surface area contributed by atoms with Gasteiger partial charge in [0.25, 0.3) is 0 Å². The van der Waals surface area contributed by atoms with Gasteiger partial charge in [-0.2, -0.15) is 4.98 Å². The van der Waals surface area contributed by atoms with Crippen LogP contribution in [0.5, 0.6) is 0 Å². The Morgan fingerprint density at radius 2 is 2.28 bits per heavy atom. The molecular formula is C12H12BrN3OS. The minimum atomic E-state index is 0.531. The Morgan fingerprint density at radius 1 is 1.44 bits per heavy atom. The van der Waals surface area contributed by atoms with Gasteiger partial charge in [-0.1, -0.05) is 21.1 Å². The summed E-state index contributed by atoms with van der Waals surface area (Å²) in [6.07, 6.45) is 2.37. The van der Waals surface area contributed by atoms with Crippen LogP contribution in [-0.4, -0.2) is 10.1 Å². The van der Waals surface area contributed by atoms with Crippen LogP contribution in [0.25, 0.3) is 0 Å². The van der Waals surface area contributed by atoms with Gasteiger partial charge in [0, 0.05) is 21.0 Å². The lowest BCUT2D eigenvalue weighted by molar-refractivity contribution is 0.385. The van der Waals surface area contributed by atoms with Crippen molar-refractivity contribution in [2.75, 3.05) is 5.73 Å². The van der Waals surface area contributed by atoms with E-state index in [1.807, 2.05) is 18.2 Å². The summed E-state index contributed by atoms with van der Waals surface area (Å²) in [6.45, 7) is 0. The molecule has 2 N–H and O–H groups in total. The first-order valence-electron chi connectivity index (χ1n) is 5.72. The first-order valence-corrected chi connectivity index (χ1v) is 7.50. The molecule has 0 aliphatic heterocycles. The fourth-order valence-corrected chi connectivity index (χ4v) is 2.96. The Labute approximate surface area is 117 Å². The molecule has 6 heteroatoms. The summed E-state index contributed by atoms with van der Waals surface area (Å²) < 4.78 is 6.24. The molecule has 1 fully saturated rings. The van der Waals surface area contributed by atoms with Crippen LogP contribution in [0.3, 0.4) is 0 Å². The number of benzene rings is 1. The molecule has 0 atom stereocenters. The minimum Gasteiger partial charge on any atom is -0.398 e. The number of nitrogens with two attached hydrogens (primary N) is 1. The van der Waals surface area contributed by atoms with Crippen molar-refractivity contribution in [2.45, 2.75) is 29.4 Å². The molecule has 1 aliphatic carbocycles. The standard InChI is InChI=1S/C12H12BrN3OS/c13-8-3-4-9(14)10(5-8)18-6-11-15-12(16-17-11)7-1-2-7/h3-5,7H,1-2,6,14H2. The third-order valence-corrected chi connectivity index (χ3v) is 4.30. The fraction of sp³-hybridized carbons (Fsp3) is 0.333. The number of anilines is 1. The van der Waals surface area contributed by atoms with E-state index in [0.29, 0.717) is 17.6 Å². The van der Waals surface area contributed by atoms with Gasteiger partial charge in [0.1, 0.15) is 0 Å². The molecule has 1 aromatic heterocycles. The molecule has 0 spiro atoms. The van der Waals surface area contributed by atoms with E-state index in [4.69, 9.17) is 10.3 Å². The van der Waals surface area contributed by atoms with Gasteiger partial charge >= 0.3 is 0 Å². The monoisotopic (exact) mass is 325 g/mol. The van der Waals surface area contributed by atoms with Crippen LogP contribution in [0.4, 0.5) is 5.69 Å². The normalized spacial score (nSPS) is 14.9. The number of rotatable bonds is 4. The smallest absolute Gasteiger partial charge is 0.237 e. The zero-order chi connectivity index (χ0) is 12.5. The van der Waals surface area contributed by atoms with Crippen LogP contribution in [0.15, 0.2) is 32.1 Å². The highest BCUT2D eigenvalue weighted by Crippen LogP contribution is 2.38. The summed E-state index contributed by atoms with van der Waals surface area (Å²) in [5.41, 5.74) is 6.68. The highest BCUT2D eigenvalue weighted by atomic mass is 79.9. The Hall–Kier alpha value is -1.01. The largest absolute Gasteiger partial charge is 0.398 e. The van der Waals surface area contributed by atoms with E-state index in [-0.39, 0.29) is 0 Å². The zero-order valence-electron chi connectivity index (χ0n) is 9.60. The topological polar surface area (TPSA) is 64.9 Å². The second-order valence-corrected chi connectivity index (χ2v) is 6.22. The van der Waals surface area contributed by atoms with Crippen molar-refractivity contribution in [2.24, 2.45) is 0 Å². The number of aromatic nitrogens is 2. The molecule has 0 bridgehead atoms. The number of hydrogen-bond donors (Lipinski definition) is 1. The molecule has 1 aromatic carbocycles. The molecule has 94 valence electrons. The van der Waals surface area contributed by atoms with Crippen molar-refractivity contribution in [1.82, 2.24) is 10.1 Å². The van der Waals surface area contributed by atoms with E-state index in [1.165, 1.54) is 12.8 Å². The highest BCUT2D eigenvalue weighted by Gasteiger charge is 2.28. The van der Waals surface area contributed by atoms with Crippen molar-refractivity contribution in [3.05, 3.63) is 34.4 Å². The summed E-state index contributed by atoms with van der Waals surface area (Å²) >= 11 is 5.04. The number of thioether (sulfide) groups is 1. The van der Waals surface area contributed by atoms with E-state index in [0.717, 1.165) is 20.9 Å². The molecule has 0 unspecified atom stereocenters. The number of halogens is 1. The molecule has 4 nitrogen and oxygen atoms in total. The summed E-state index contributed by atoms with van der Waals surface area (Å²) in [6, 6.07) is 5.81. The predicted octanol–water partition coefficient (Wildman–Crippen LogP) is 3.58. The fourth-order valence-electron chi connectivity index (χ4n) is 1.61. The van der Waals surface area contributed by atoms with Crippen molar-refractivity contribution >= 4 is 33.4 Å². The van der Waals surface area contributed by atoms with Crippen LogP contribution in [-0.2, 0) is 5.75 Å². The minimum absolute atomic E-state index is 0.531. The van der Waals surface area contributed by atoms with Gasteiger partial charge in [-0.3, -0.25) is 0 Å². The maximum atomic E-state index is 5.91. The van der Waals surface area contributed by atoms with Crippen molar-refractivity contribution in [1.29, 1.82) is 0 Å².